The fourth-order valence-electron chi connectivity index (χ4n) is 2.56. The van der Waals surface area contributed by atoms with E-state index in [4.69, 9.17) is 4.74 Å². The molecule has 3 heteroatoms. The van der Waals surface area contributed by atoms with Gasteiger partial charge in [-0.2, -0.15) is 0 Å². The number of nitrogens with zero attached hydrogens (tertiary/aromatic N) is 1. The van der Waals surface area contributed by atoms with Gasteiger partial charge in [0.25, 0.3) is 0 Å². The van der Waals surface area contributed by atoms with E-state index in [2.05, 4.69) is 51.0 Å². The number of rotatable bonds is 5. The van der Waals surface area contributed by atoms with Crippen molar-refractivity contribution in [2.75, 3.05) is 11.9 Å². The van der Waals surface area contributed by atoms with E-state index in [0.717, 1.165) is 18.7 Å². The minimum Gasteiger partial charge on any atom is -0.380 e. The van der Waals surface area contributed by atoms with Crippen molar-refractivity contribution in [3.8, 4) is 0 Å². The highest BCUT2D eigenvalue weighted by Crippen LogP contribution is 2.44. The zero-order valence-corrected chi connectivity index (χ0v) is 12.7. The summed E-state index contributed by atoms with van der Waals surface area (Å²) in [6, 6.07) is 2.61. The molecular formula is C16H26N2O. The number of nitrogens with one attached hydrogen (secondary N) is 1. The second kappa shape index (κ2) is 5.49. The van der Waals surface area contributed by atoms with Crippen LogP contribution in [-0.4, -0.2) is 23.7 Å². The Balaban J connectivity index is 1.90. The SMILES string of the molecule is Cc1cncc(NC2CC(OCC(C)C)C2(C)C)c1. The van der Waals surface area contributed by atoms with Crippen molar-refractivity contribution in [2.45, 2.75) is 53.2 Å². The van der Waals surface area contributed by atoms with Crippen LogP contribution in [0.15, 0.2) is 18.5 Å². The Labute approximate surface area is 116 Å². The summed E-state index contributed by atoms with van der Waals surface area (Å²) in [6.07, 6.45) is 5.22. The first-order valence-electron chi connectivity index (χ1n) is 7.19. The standard InChI is InChI=1S/C16H26N2O/c1-11(2)10-19-15-7-14(16(15,4)5)18-13-6-12(3)8-17-9-13/h6,8-9,11,14-15,18H,7,10H2,1-5H3. The average molecular weight is 262 g/mol. The third-order valence-corrected chi connectivity index (χ3v) is 4.02. The summed E-state index contributed by atoms with van der Waals surface area (Å²) < 4.78 is 5.99. The normalized spacial score (nSPS) is 25.2. The van der Waals surface area contributed by atoms with E-state index in [1.54, 1.807) is 0 Å². The first-order valence-corrected chi connectivity index (χ1v) is 7.19. The van der Waals surface area contributed by atoms with Gasteiger partial charge in [0.15, 0.2) is 0 Å². The van der Waals surface area contributed by atoms with E-state index in [1.807, 2.05) is 12.4 Å². The summed E-state index contributed by atoms with van der Waals surface area (Å²) in [6.45, 7) is 11.9. The van der Waals surface area contributed by atoms with Crippen molar-refractivity contribution in [3.05, 3.63) is 24.0 Å². The summed E-state index contributed by atoms with van der Waals surface area (Å²) in [5.41, 5.74) is 2.48. The molecule has 1 N–H and O–H groups in total. The number of aryl methyl sites for hydroxylation is 1. The first kappa shape index (κ1) is 14.3. The fraction of sp³-hybridized carbons (Fsp3) is 0.688. The monoisotopic (exact) mass is 262 g/mol. The number of pyridine rings is 1. The van der Waals surface area contributed by atoms with Crippen molar-refractivity contribution >= 4 is 5.69 Å². The van der Waals surface area contributed by atoms with E-state index >= 15 is 0 Å². The minimum absolute atomic E-state index is 0.179. The molecule has 0 radical (unpaired) electrons. The van der Waals surface area contributed by atoms with Crippen LogP contribution in [0.5, 0.6) is 0 Å². The maximum absolute atomic E-state index is 5.99. The van der Waals surface area contributed by atoms with Crippen molar-refractivity contribution in [2.24, 2.45) is 11.3 Å². The molecule has 2 unspecified atom stereocenters. The number of anilines is 1. The Morgan fingerprint density at radius 2 is 2.16 bits per heavy atom. The highest BCUT2D eigenvalue weighted by atomic mass is 16.5. The molecule has 106 valence electrons. The van der Waals surface area contributed by atoms with E-state index in [0.29, 0.717) is 18.1 Å². The van der Waals surface area contributed by atoms with Gasteiger partial charge < -0.3 is 10.1 Å². The van der Waals surface area contributed by atoms with Gasteiger partial charge in [-0.3, -0.25) is 4.98 Å². The van der Waals surface area contributed by atoms with Crippen LogP contribution in [0.4, 0.5) is 5.69 Å². The van der Waals surface area contributed by atoms with E-state index < -0.39 is 0 Å². The highest BCUT2D eigenvalue weighted by Gasteiger charge is 2.49. The summed E-state index contributed by atoms with van der Waals surface area (Å²) in [7, 11) is 0. The Kier molecular flexibility index (Phi) is 4.14. The molecule has 1 aromatic heterocycles. The van der Waals surface area contributed by atoms with Crippen LogP contribution in [0.3, 0.4) is 0 Å². The zero-order chi connectivity index (χ0) is 14.0. The maximum Gasteiger partial charge on any atom is 0.0665 e. The van der Waals surface area contributed by atoms with Crippen LogP contribution >= 0.6 is 0 Å². The molecular weight excluding hydrogens is 236 g/mol. The van der Waals surface area contributed by atoms with Gasteiger partial charge >= 0.3 is 0 Å². The van der Waals surface area contributed by atoms with E-state index in [1.165, 1.54) is 5.56 Å². The van der Waals surface area contributed by atoms with Crippen molar-refractivity contribution < 1.29 is 4.74 Å². The number of ether oxygens (including phenoxy) is 1. The van der Waals surface area contributed by atoms with Crippen LogP contribution in [0.1, 0.15) is 39.7 Å². The molecule has 2 rings (SSSR count). The van der Waals surface area contributed by atoms with Gasteiger partial charge in [0.1, 0.15) is 0 Å². The topological polar surface area (TPSA) is 34.2 Å². The molecule has 0 aromatic carbocycles. The van der Waals surface area contributed by atoms with Crippen molar-refractivity contribution in [1.82, 2.24) is 4.98 Å². The minimum atomic E-state index is 0.179. The Morgan fingerprint density at radius 3 is 2.74 bits per heavy atom. The maximum atomic E-state index is 5.99. The fourth-order valence-corrected chi connectivity index (χ4v) is 2.56. The second-order valence-corrected chi connectivity index (χ2v) is 6.72. The van der Waals surface area contributed by atoms with Crippen LogP contribution in [0.2, 0.25) is 0 Å². The third kappa shape index (κ3) is 3.27. The predicted octanol–water partition coefficient (Wildman–Crippen LogP) is 3.64. The zero-order valence-electron chi connectivity index (χ0n) is 12.7. The lowest BCUT2D eigenvalue weighted by Crippen LogP contribution is -2.58. The molecule has 1 heterocycles. The molecule has 0 saturated heterocycles. The summed E-state index contributed by atoms with van der Waals surface area (Å²) in [4.78, 5) is 4.23. The molecule has 3 nitrogen and oxygen atoms in total. The number of hydrogen-bond acceptors (Lipinski definition) is 3. The van der Waals surface area contributed by atoms with Crippen LogP contribution in [-0.2, 0) is 4.74 Å². The highest BCUT2D eigenvalue weighted by molar-refractivity contribution is 5.44. The van der Waals surface area contributed by atoms with Crippen molar-refractivity contribution in [3.63, 3.8) is 0 Å². The Morgan fingerprint density at radius 1 is 1.42 bits per heavy atom. The lowest BCUT2D eigenvalue weighted by Gasteiger charge is -2.52. The summed E-state index contributed by atoms with van der Waals surface area (Å²) in [5.74, 6) is 0.601. The molecule has 2 atom stereocenters. The quantitative estimate of drug-likeness (QED) is 0.879. The van der Waals surface area contributed by atoms with Gasteiger partial charge in [-0.1, -0.05) is 27.7 Å². The molecule has 0 aliphatic heterocycles. The first-order chi connectivity index (χ1) is 8.89. The second-order valence-electron chi connectivity index (χ2n) is 6.72. The smallest absolute Gasteiger partial charge is 0.0665 e. The lowest BCUT2D eigenvalue weighted by molar-refractivity contribution is -0.108. The van der Waals surface area contributed by atoms with Crippen molar-refractivity contribution in [1.29, 1.82) is 0 Å². The molecule has 1 aliphatic carbocycles. The summed E-state index contributed by atoms with van der Waals surface area (Å²) >= 11 is 0. The largest absolute Gasteiger partial charge is 0.380 e. The molecule has 1 saturated carbocycles. The average Bonchev–Trinajstić information content (AvgIpc) is 2.32. The molecule has 19 heavy (non-hydrogen) atoms. The molecule has 1 aliphatic rings. The van der Waals surface area contributed by atoms with Gasteiger partial charge in [-0.15, -0.1) is 0 Å². The van der Waals surface area contributed by atoms with Crippen LogP contribution < -0.4 is 5.32 Å². The lowest BCUT2D eigenvalue weighted by atomic mass is 9.64. The van der Waals surface area contributed by atoms with E-state index in [9.17, 15) is 0 Å². The Hall–Kier alpha value is -1.09. The van der Waals surface area contributed by atoms with Gasteiger partial charge in [-0.05, 0) is 30.9 Å². The van der Waals surface area contributed by atoms with Gasteiger partial charge in [0.05, 0.1) is 11.8 Å². The molecule has 0 bridgehead atoms. The number of hydrogen-bond donors (Lipinski definition) is 1. The predicted molar refractivity (Wildman–Crippen MR) is 79.4 cm³/mol. The molecule has 0 amide bonds. The van der Waals surface area contributed by atoms with Gasteiger partial charge in [0, 0.05) is 30.5 Å². The van der Waals surface area contributed by atoms with E-state index in [-0.39, 0.29) is 5.41 Å². The summed E-state index contributed by atoms with van der Waals surface area (Å²) in [5, 5.41) is 3.58. The molecule has 1 fully saturated rings. The van der Waals surface area contributed by atoms with Gasteiger partial charge in [-0.25, -0.2) is 0 Å². The van der Waals surface area contributed by atoms with Crippen LogP contribution in [0, 0.1) is 18.3 Å². The number of aromatic nitrogens is 1. The molecule has 1 aromatic rings. The third-order valence-electron chi connectivity index (χ3n) is 4.02. The molecule has 0 spiro atoms. The van der Waals surface area contributed by atoms with Gasteiger partial charge in [0.2, 0.25) is 0 Å². The van der Waals surface area contributed by atoms with Crippen LogP contribution in [0.25, 0.3) is 0 Å². The Bertz CT molecular complexity index is 429.